The van der Waals surface area contributed by atoms with Crippen LogP contribution >= 0.6 is 0 Å². The Hall–Kier alpha value is -2.50. The second-order valence-corrected chi connectivity index (χ2v) is 6.88. The van der Waals surface area contributed by atoms with Crippen LogP contribution in [0.5, 0.6) is 0 Å². The first-order valence-electron chi connectivity index (χ1n) is 8.96. The van der Waals surface area contributed by atoms with Gasteiger partial charge < -0.3 is 10.3 Å². The Balaban J connectivity index is 1.68. The SMILES string of the molecule is Cc1cccc2c(=O)[nH]c(-c3ccc(CN4CCNCC4)c(F)c3)cc12. The Morgan fingerprint density at radius 1 is 1.08 bits per heavy atom. The Morgan fingerprint density at radius 2 is 1.88 bits per heavy atom. The molecule has 5 heteroatoms. The fourth-order valence-electron chi connectivity index (χ4n) is 3.55. The number of rotatable bonds is 3. The van der Waals surface area contributed by atoms with Crippen LogP contribution in [0, 0.1) is 12.7 Å². The molecule has 1 saturated heterocycles. The molecule has 4 nitrogen and oxygen atoms in total. The highest BCUT2D eigenvalue weighted by atomic mass is 19.1. The van der Waals surface area contributed by atoms with Crippen molar-refractivity contribution in [3.8, 4) is 11.3 Å². The first-order valence-corrected chi connectivity index (χ1v) is 8.96. The molecule has 0 bridgehead atoms. The molecule has 2 aromatic carbocycles. The highest BCUT2D eigenvalue weighted by Crippen LogP contribution is 2.24. The van der Waals surface area contributed by atoms with Crippen molar-refractivity contribution in [2.75, 3.05) is 26.2 Å². The number of hydrogen-bond acceptors (Lipinski definition) is 3. The average Bonchev–Trinajstić information content (AvgIpc) is 2.65. The van der Waals surface area contributed by atoms with Crippen LogP contribution in [0.15, 0.2) is 47.3 Å². The van der Waals surface area contributed by atoms with E-state index in [4.69, 9.17) is 0 Å². The zero-order chi connectivity index (χ0) is 18.1. The highest BCUT2D eigenvalue weighted by molar-refractivity contribution is 5.87. The van der Waals surface area contributed by atoms with Gasteiger partial charge in [-0.05, 0) is 36.1 Å². The topological polar surface area (TPSA) is 48.1 Å². The van der Waals surface area contributed by atoms with Gasteiger partial charge in [0, 0.05) is 54.9 Å². The zero-order valence-corrected chi connectivity index (χ0v) is 14.8. The lowest BCUT2D eigenvalue weighted by atomic mass is 10.0. The number of aromatic amines is 1. The molecule has 1 aliphatic heterocycles. The van der Waals surface area contributed by atoms with Gasteiger partial charge in [-0.25, -0.2) is 4.39 Å². The van der Waals surface area contributed by atoms with Crippen LogP contribution in [0.1, 0.15) is 11.1 Å². The molecule has 1 fully saturated rings. The van der Waals surface area contributed by atoms with Gasteiger partial charge in [0.1, 0.15) is 5.82 Å². The molecule has 0 radical (unpaired) electrons. The number of aromatic nitrogens is 1. The van der Waals surface area contributed by atoms with Crippen LogP contribution in [0.3, 0.4) is 0 Å². The number of nitrogens with one attached hydrogen (secondary N) is 2. The van der Waals surface area contributed by atoms with Crippen molar-refractivity contribution in [2.45, 2.75) is 13.5 Å². The number of fused-ring (bicyclic) bond motifs is 1. The lowest BCUT2D eigenvalue weighted by molar-refractivity contribution is 0.230. The summed E-state index contributed by atoms with van der Waals surface area (Å²) < 4.78 is 14.7. The van der Waals surface area contributed by atoms with Gasteiger partial charge in [-0.1, -0.05) is 24.3 Å². The van der Waals surface area contributed by atoms with Crippen molar-refractivity contribution in [3.63, 3.8) is 0 Å². The summed E-state index contributed by atoms with van der Waals surface area (Å²) in [4.78, 5) is 17.5. The van der Waals surface area contributed by atoms with E-state index in [1.54, 1.807) is 0 Å². The van der Waals surface area contributed by atoms with E-state index in [-0.39, 0.29) is 11.4 Å². The molecule has 3 aromatic rings. The zero-order valence-electron chi connectivity index (χ0n) is 14.8. The van der Waals surface area contributed by atoms with Gasteiger partial charge in [-0.2, -0.15) is 0 Å². The van der Waals surface area contributed by atoms with Gasteiger partial charge in [-0.3, -0.25) is 9.69 Å². The van der Waals surface area contributed by atoms with E-state index in [0.29, 0.717) is 28.8 Å². The summed E-state index contributed by atoms with van der Waals surface area (Å²) >= 11 is 0. The molecule has 26 heavy (non-hydrogen) atoms. The smallest absolute Gasteiger partial charge is 0.256 e. The van der Waals surface area contributed by atoms with Crippen molar-refractivity contribution in [2.24, 2.45) is 0 Å². The third-order valence-corrected chi connectivity index (χ3v) is 5.07. The lowest BCUT2D eigenvalue weighted by Gasteiger charge is -2.27. The van der Waals surface area contributed by atoms with E-state index in [9.17, 15) is 9.18 Å². The summed E-state index contributed by atoms with van der Waals surface area (Å²) in [6, 6.07) is 12.8. The second-order valence-electron chi connectivity index (χ2n) is 6.88. The van der Waals surface area contributed by atoms with Crippen LogP contribution in [-0.4, -0.2) is 36.1 Å². The first kappa shape index (κ1) is 16.9. The van der Waals surface area contributed by atoms with E-state index in [2.05, 4.69) is 15.2 Å². The summed E-state index contributed by atoms with van der Waals surface area (Å²) in [5.74, 6) is -0.230. The summed E-state index contributed by atoms with van der Waals surface area (Å²) in [6.45, 7) is 6.33. The molecule has 1 aromatic heterocycles. The molecule has 4 rings (SSSR count). The van der Waals surface area contributed by atoms with Crippen LogP contribution in [0.25, 0.3) is 22.0 Å². The molecule has 0 atom stereocenters. The van der Waals surface area contributed by atoms with E-state index >= 15 is 0 Å². The molecule has 1 aliphatic rings. The summed E-state index contributed by atoms with van der Waals surface area (Å²) in [6.07, 6.45) is 0. The van der Waals surface area contributed by atoms with E-state index in [0.717, 1.165) is 37.1 Å². The van der Waals surface area contributed by atoms with Gasteiger partial charge in [0.2, 0.25) is 0 Å². The Kier molecular flexibility index (Phi) is 4.57. The van der Waals surface area contributed by atoms with Gasteiger partial charge >= 0.3 is 0 Å². The number of halogens is 1. The molecule has 0 spiro atoms. The number of benzene rings is 2. The highest BCUT2D eigenvalue weighted by Gasteiger charge is 2.14. The number of aryl methyl sites for hydroxylation is 1. The minimum atomic E-state index is -0.230. The summed E-state index contributed by atoms with van der Waals surface area (Å²) in [5, 5.41) is 4.86. The molecular weight excluding hydrogens is 329 g/mol. The van der Waals surface area contributed by atoms with Crippen molar-refractivity contribution in [3.05, 3.63) is 69.8 Å². The molecular formula is C21H22FN3O. The number of H-pyrrole nitrogens is 1. The quantitative estimate of drug-likeness (QED) is 0.762. The van der Waals surface area contributed by atoms with Gasteiger partial charge in [-0.15, -0.1) is 0 Å². The molecule has 0 saturated carbocycles. The number of pyridine rings is 1. The fourth-order valence-corrected chi connectivity index (χ4v) is 3.55. The molecule has 0 amide bonds. The molecule has 134 valence electrons. The van der Waals surface area contributed by atoms with Crippen LogP contribution in [0.2, 0.25) is 0 Å². The van der Waals surface area contributed by atoms with E-state index in [1.165, 1.54) is 6.07 Å². The Morgan fingerprint density at radius 3 is 2.65 bits per heavy atom. The standard InChI is InChI=1S/C21H22FN3O/c1-14-3-2-4-17-18(14)12-20(24-21(17)26)15-5-6-16(19(22)11-15)13-25-9-7-23-8-10-25/h2-6,11-12,23H,7-10,13H2,1H3,(H,24,26). The second kappa shape index (κ2) is 7.02. The van der Waals surface area contributed by atoms with Gasteiger partial charge in [0.15, 0.2) is 0 Å². The van der Waals surface area contributed by atoms with Crippen molar-refractivity contribution in [1.29, 1.82) is 0 Å². The molecule has 0 unspecified atom stereocenters. The average molecular weight is 351 g/mol. The van der Waals surface area contributed by atoms with Crippen LogP contribution < -0.4 is 10.9 Å². The van der Waals surface area contributed by atoms with Crippen molar-refractivity contribution in [1.82, 2.24) is 15.2 Å². The van der Waals surface area contributed by atoms with Gasteiger partial charge in [0.25, 0.3) is 5.56 Å². The third kappa shape index (κ3) is 3.28. The van der Waals surface area contributed by atoms with Crippen LogP contribution in [0.4, 0.5) is 4.39 Å². The maximum atomic E-state index is 14.7. The fraction of sp³-hybridized carbons (Fsp3) is 0.286. The number of piperazine rings is 1. The predicted octanol–water partition coefficient (Wildman–Crippen LogP) is 3.05. The maximum absolute atomic E-state index is 14.7. The lowest BCUT2D eigenvalue weighted by Crippen LogP contribution is -2.43. The molecule has 2 heterocycles. The predicted molar refractivity (Wildman–Crippen MR) is 103 cm³/mol. The monoisotopic (exact) mass is 351 g/mol. The van der Waals surface area contributed by atoms with E-state index < -0.39 is 0 Å². The van der Waals surface area contributed by atoms with Crippen molar-refractivity contribution < 1.29 is 4.39 Å². The third-order valence-electron chi connectivity index (χ3n) is 5.07. The minimum absolute atomic E-state index is 0.147. The molecule has 0 aliphatic carbocycles. The minimum Gasteiger partial charge on any atom is -0.321 e. The summed E-state index contributed by atoms with van der Waals surface area (Å²) in [5.41, 5.74) is 2.91. The first-order chi connectivity index (χ1) is 12.6. The van der Waals surface area contributed by atoms with E-state index in [1.807, 2.05) is 43.3 Å². The normalized spacial score (nSPS) is 15.5. The Labute approximate surface area is 151 Å². The Bertz CT molecular complexity index is 1010. The van der Waals surface area contributed by atoms with Crippen molar-refractivity contribution >= 4 is 10.8 Å². The maximum Gasteiger partial charge on any atom is 0.256 e. The summed E-state index contributed by atoms with van der Waals surface area (Å²) in [7, 11) is 0. The molecule has 2 N–H and O–H groups in total. The van der Waals surface area contributed by atoms with Crippen LogP contribution in [-0.2, 0) is 6.54 Å². The number of hydrogen-bond donors (Lipinski definition) is 2. The van der Waals surface area contributed by atoms with Gasteiger partial charge in [0.05, 0.1) is 0 Å². The number of nitrogens with zero attached hydrogens (tertiary/aromatic N) is 1. The largest absolute Gasteiger partial charge is 0.321 e.